The van der Waals surface area contributed by atoms with Crippen molar-refractivity contribution in [3.8, 4) is 0 Å². The number of carbonyl (C=O) groups excluding carboxylic acids is 3. The lowest BCUT2D eigenvalue weighted by Gasteiger charge is -2.34. The smallest absolute Gasteiger partial charge is 0.326 e. The van der Waals surface area contributed by atoms with Crippen LogP contribution in [0.3, 0.4) is 0 Å². The van der Waals surface area contributed by atoms with E-state index in [2.05, 4.69) is 5.32 Å². The summed E-state index contributed by atoms with van der Waals surface area (Å²) in [6.45, 7) is 5.13. The van der Waals surface area contributed by atoms with E-state index in [1.54, 1.807) is 37.9 Å². The number of allylic oxidation sites excluding steroid dienone is 2. The van der Waals surface area contributed by atoms with Crippen LogP contribution < -0.4 is 5.32 Å². The molecule has 0 spiro atoms. The summed E-state index contributed by atoms with van der Waals surface area (Å²) in [5.74, 6) is -0.756. The molecule has 1 heterocycles. The normalized spacial score (nSPS) is 14.0. The van der Waals surface area contributed by atoms with E-state index in [1.807, 2.05) is 66.6 Å². The summed E-state index contributed by atoms with van der Waals surface area (Å²) in [7, 11) is 0. The van der Waals surface area contributed by atoms with Crippen LogP contribution in [0.4, 0.5) is 0 Å². The predicted molar refractivity (Wildman–Crippen MR) is 138 cm³/mol. The number of amides is 1. The molecule has 1 amide bonds. The second-order valence-corrected chi connectivity index (χ2v) is 9.49. The number of aliphatic carboxylic acids is 1. The molecule has 192 valence electrons. The van der Waals surface area contributed by atoms with E-state index in [0.717, 1.165) is 11.1 Å². The molecule has 2 N–H and O–H groups in total. The van der Waals surface area contributed by atoms with E-state index in [9.17, 15) is 24.3 Å². The fourth-order valence-corrected chi connectivity index (χ4v) is 3.96. The zero-order valence-corrected chi connectivity index (χ0v) is 21.0. The number of nitrogens with one attached hydrogen (secondary N) is 1. The van der Waals surface area contributed by atoms with Gasteiger partial charge in [0, 0.05) is 12.6 Å². The van der Waals surface area contributed by atoms with Crippen LogP contribution in [-0.4, -0.2) is 45.4 Å². The molecule has 1 unspecified atom stereocenters. The first-order valence-electron chi connectivity index (χ1n) is 11.9. The maximum Gasteiger partial charge on any atom is 0.326 e. The Morgan fingerprint density at radius 1 is 1.00 bits per heavy atom. The molecule has 8 heteroatoms. The molecule has 37 heavy (non-hydrogen) atoms. The Hall–Kier alpha value is -4.42. The van der Waals surface area contributed by atoms with Gasteiger partial charge in [-0.3, -0.25) is 9.59 Å². The second-order valence-electron chi connectivity index (χ2n) is 9.49. The van der Waals surface area contributed by atoms with Crippen molar-refractivity contribution in [2.24, 2.45) is 0 Å². The molecule has 0 bridgehead atoms. The second kappa shape index (κ2) is 12.0. The van der Waals surface area contributed by atoms with Crippen molar-refractivity contribution >= 4 is 23.8 Å². The zero-order chi connectivity index (χ0) is 27.0. The van der Waals surface area contributed by atoms with Crippen LogP contribution in [0.5, 0.6) is 0 Å². The summed E-state index contributed by atoms with van der Waals surface area (Å²) < 4.78 is 5.22. The first-order valence-corrected chi connectivity index (χ1v) is 11.9. The molecule has 2 aromatic carbocycles. The molecule has 0 fully saturated rings. The third-order valence-corrected chi connectivity index (χ3v) is 5.53. The van der Waals surface area contributed by atoms with E-state index in [0.29, 0.717) is 0 Å². The van der Waals surface area contributed by atoms with Gasteiger partial charge in [0.15, 0.2) is 5.94 Å². The van der Waals surface area contributed by atoms with E-state index in [1.165, 1.54) is 6.08 Å². The quantitative estimate of drug-likeness (QED) is 0.394. The monoisotopic (exact) mass is 502 g/mol. The van der Waals surface area contributed by atoms with Gasteiger partial charge in [-0.1, -0.05) is 60.7 Å². The third kappa shape index (κ3) is 7.29. The molecule has 1 atom stereocenters. The average Bonchev–Trinajstić information content (AvgIpc) is 2.86. The van der Waals surface area contributed by atoms with Gasteiger partial charge in [0.1, 0.15) is 17.3 Å². The molecule has 1 aliphatic heterocycles. The predicted octanol–water partition coefficient (Wildman–Crippen LogP) is 3.94. The molecule has 3 rings (SSSR count). The van der Waals surface area contributed by atoms with Gasteiger partial charge >= 0.3 is 11.9 Å². The number of rotatable bonds is 9. The molecule has 0 radical (unpaired) electrons. The summed E-state index contributed by atoms with van der Waals surface area (Å²) >= 11 is 0. The molecule has 0 saturated carbocycles. The molecule has 1 aliphatic rings. The SMILES string of the molecule is CC(C)(C)OC(=O)CCC(NC(=O)C1=CC=CN(C(c2ccccc2)c2ccccc2)C1=C=O)C(=O)O. The lowest BCUT2D eigenvalue weighted by molar-refractivity contribution is -0.155. The van der Waals surface area contributed by atoms with Gasteiger partial charge in [-0.2, -0.15) is 0 Å². The summed E-state index contributed by atoms with van der Waals surface area (Å²) in [4.78, 5) is 50.9. The number of nitrogens with zero attached hydrogens (tertiary/aromatic N) is 1. The highest BCUT2D eigenvalue weighted by Crippen LogP contribution is 2.35. The number of benzene rings is 2. The Bertz CT molecular complexity index is 1200. The van der Waals surface area contributed by atoms with Gasteiger partial charge in [0.25, 0.3) is 5.91 Å². The topological polar surface area (TPSA) is 113 Å². The first-order chi connectivity index (χ1) is 17.6. The Morgan fingerprint density at radius 2 is 1.57 bits per heavy atom. The van der Waals surface area contributed by atoms with Gasteiger partial charge in [-0.05, 0) is 50.5 Å². The largest absolute Gasteiger partial charge is 0.480 e. The van der Waals surface area contributed by atoms with Gasteiger partial charge in [-0.25, -0.2) is 9.59 Å². The van der Waals surface area contributed by atoms with Crippen LogP contribution >= 0.6 is 0 Å². The van der Waals surface area contributed by atoms with Crippen LogP contribution in [0.1, 0.15) is 50.8 Å². The van der Waals surface area contributed by atoms with Crippen LogP contribution in [0.15, 0.2) is 90.3 Å². The Kier molecular flexibility index (Phi) is 8.82. The molecular formula is C29H30N2O6. The number of carboxylic acids is 1. The highest BCUT2D eigenvalue weighted by molar-refractivity contribution is 6.02. The fourth-order valence-electron chi connectivity index (χ4n) is 3.96. The van der Waals surface area contributed by atoms with E-state index < -0.39 is 35.5 Å². The van der Waals surface area contributed by atoms with Gasteiger partial charge < -0.3 is 20.1 Å². The minimum absolute atomic E-state index is 0.0297. The highest BCUT2D eigenvalue weighted by Gasteiger charge is 2.32. The van der Waals surface area contributed by atoms with Crippen LogP contribution in [0.25, 0.3) is 0 Å². The van der Waals surface area contributed by atoms with E-state index in [4.69, 9.17) is 4.74 Å². The van der Waals surface area contributed by atoms with Crippen LogP contribution in [-0.2, 0) is 23.9 Å². The average molecular weight is 503 g/mol. The highest BCUT2D eigenvalue weighted by atomic mass is 16.6. The molecule has 2 aromatic rings. The molecule has 0 aromatic heterocycles. The van der Waals surface area contributed by atoms with Crippen molar-refractivity contribution in [2.75, 3.05) is 0 Å². The number of esters is 1. The number of ether oxygens (including phenoxy) is 1. The van der Waals surface area contributed by atoms with Gasteiger partial charge in [-0.15, -0.1) is 0 Å². The fraction of sp³-hybridized carbons (Fsp3) is 0.276. The minimum atomic E-state index is -1.35. The zero-order valence-electron chi connectivity index (χ0n) is 21.0. The Morgan fingerprint density at radius 3 is 2.05 bits per heavy atom. The Labute approximate surface area is 215 Å². The third-order valence-electron chi connectivity index (χ3n) is 5.53. The number of carbonyl (C=O) groups is 3. The van der Waals surface area contributed by atoms with Gasteiger partial charge in [0.05, 0.1) is 11.6 Å². The number of hydrogen-bond acceptors (Lipinski definition) is 6. The molecule has 0 aliphatic carbocycles. The first kappa shape index (κ1) is 27.2. The number of carboxylic acid groups (broad SMARTS) is 1. The summed E-state index contributed by atoms with van der Waals surface area (Å²) in [6, 6.07) is 17.2. The standard InChI is InChI=1S/C29H30N2O6/c1-29(2,3)37-25(33)17-16-23(28(35)36)30-27(34)22-15-10-18-31(24(22)19-32)26(20-11-6-4-7-12-20)21-13-8-5-9-14-21/h4-15,18,23,26H,16-17H2,1-3H3,(H,30,34)(H,35,36). The summed E-state index contributed by atoms with van der Waals surface area (Å²) in [5, 5.41) is 12.1. The van der Waals surface area contributed by atoms with Crippen molar-refractivity contribution in [1.29, 1.82) is 0 Å². The maximum atomic E-state index is 13.2. The van der Waals surface area contributed by atoms with Crippen molar-refractivity contribution in [1.82, 2.24) is 10.2 Å². The van der Waals surface area contributed by atoms with E-state index in [-0.39, 0.29) is 24.1 Å². The van der Waals surface area contributed by atoms with Crippen molar-refractivity contribution in [2.45, 2.75) is 51.3 Å². The summed E-state index contributed by atoms with van der Waals surface area (Å²) in [6.07, 6.45) is 4.37. The van der Waals surface area contributed by atoms with Crippen LogP contribution in [0.2, 0.25) is 0 Å². The number of hydrogen-bond donors (Lipinski definition) is 2. The van der Waals surface area contributed by atoms with Crippen molar-refractivity contribution in [3.05, 3.63) is 101 Å². The maximum absolute atomic E-state index is 13.2. The molecule has 8 nitrogen and oxygen atoms in total. The minimum Gasteiger partial charge on any atom is -0.480 e. The lowest BCUT2D eigenvalue weighted by atomic mass is 9.94. The lowest BCUT2D eigenvalue weighted by Crippen LogP contribution is -2.43. The van der Waals surface area contributed by atoms with Crippen molar-refractivity contribution in [3.63, 3.8) is 0 Å². The molecule has 0 saturated heterocycles. The summed E-state index contributed by atoms with van der Waals surface area (Å²) in [5.41, 5.74) is 0.994. The Balaban J connectivity index is 1.83. The van der Waals surface area contributed by atoms with Crippen molar-refractivity contribution < 1.29 is 29.0 Å². The molecular weight excluding hydrogens is 472 g/mol. The van der Waals surface area contributed by atoms with E-state index >= 15 is 0 Å². The van der Waals surface area contributed by atoms with Crippen LogP contribution in [0, 0.1) is 0 Å². The van der Waals surface area contributed by atoms with Gasteiger partial charge in [0.2, 0.25) is 0 Å².